The molecule has 0 aliphatic carbocycles. The fraction of sp³-hybridized carbons (Fsp3) is 0. The van der Waals surface area contributed by atoms with Gasteiger partial charge >= 0.3 is 5.97 Å². The SMILES string of the molecule is NC(=S)N/N=C/c1ccc(OC(=O)/C=C2\SC(=O)NC2=O)c(Cl)c1. The van der Waals surface area contributed by atoms with Crippen molar-refractivity contribution in [1.82, 2.24) is 10.7 Å². The molecule has 1 aromatic rings. The van der Waals surface area contributed by atoms with E-state index < -0.39 is 17.1 Å². The number of thioether (sulfide) groups is 1. The molecule has 0 bridgehead atoms. The first-order chi connectivity index (χ1) is 11.3. The first-order valence-electron chi connectivity index (χ1n) is 6.20. The minimum atomic E-state index is -0.833. The second-order valence-electron chi connectivity index (χ2n) is 4.20. The van der Waals surface area contributed by atoms with Gasteiger partial charge in [0.2, 0.25) is 0 Å². The normalized spacial score (nSPS) is 15.6. The summed E-state index contributed by atoms with van der Waals surface area (Å²) in [7, 11) is 0. The van der Waals surface area contributed by atoms with Crippen LogP contribution in [-0.2, 0) is 9.59 Å². The maximum absolute atomic E-state index is 11.8. The standard InChI is InChI=1S/C13H9ClN4O4S2/c14-7-3-6(5-16-18-12(15)23)1-2-8(7)22-10(19)4-9-11(20)17-13(21)24-9/h1-5H,(H3,15,18,23)(H,17,20,21)/b9-4-,16-5+. The molecule has 11 heteroatoms. The Morgan fingerprint density at radius 3 is 2.79 bits per heavy atom. The van der Waals surface area contributed by atoms with Crippen molar-refractivity contribution in [2.24, 2.45) is 10.8 Å². The second-order valence-corrected chi connectivity index (χ2v) is 6.06. The largest absolute Gasteiger partial charge is 0.422 e. The summed E-state index contributed by atoms with van der Waals surface area (Å²) in [6.45, 7) is 0. The fourth-order valence-electron chi connectivity index (χ4n) is 1.52. The molecule has 0 radical (unpaired) electrons. The maximum atomic E-state index is 11.8. The van der Waals surface area contributed by atoms with Crippen molar-refractivity contribution in [3.63, 3.8) is 0 Å². The lowest BCUT2D eigenvalue weighted by atomic mass is 10.2. The average molecular weight is 385 g/mol. The van der Waals surface area contributed by atoms with Crippen molar-refractivity contribution in [2.45, 2.75) is 0 Å². The molecule has 2 amide bonds. The van der Waals surface area contributed by atoms with Gasteiger partial charge in [-0.15, -0.1) is 0 Å². The van der Waals surface area contributed by atoms with Crippen molar-refractivity contribution in [1.29, 1.82) is 0 Å². The summed E-state index contributed by atoms with van der Waals surface area (Å²) in [6.07, 6.45) is 2.34. The number of nitrogens with one attached hydrogen (secondary N) is 2. The third-order valence-electron chi connectivity index (χ3n) is 2.45. The Bertz CT molecular complexity index is 794. The molecule has 4 N–H and O–H groups in total. The van der Waals surface area contributed by atoms with Crippen LogP contribution in [-0.4, -0.2) is 28.4 Å². The number of carbonyl (C=O) groups excluding carboxylic acids is 3. The van der Waals surface area contributed by atoms with Crippen LogP contribution < -0.4 is 21.2 Å². The molecule has 1 saturated heterocycles. The number of hydrazone groups is 1. The van der Waals surface area contributed by atoms with Crippen molar-refractivity contribution < 1.29 is 19.1 Å². The van der Waals surface area contributed by atoms with Crippen molar-refractivity contribution in [3.05, 3.63) is 39.8 Å². The van der Waals surface area contributed by atoms with Gasteiger partial charge in [0.1, 0.15) is 5.75 Å². The second kappa shape index (κ2) is 7.90. The summed E-state index contributed by atoms with van der Waals surface area (Å²) in [5, 5.41) is 5.41. The van der Waals surface area contributed by atoms with Gasteiger partial charge in [-0.05, 0) is 47.7 Å². The highest BCUT2D eigenvalue weighted by Crippen LogP contribution is 2.26. The topological polar surface area (TPSA) is 123 Å². The van der Waals surface area contributed by atoms with Crippen LogP contribution in [0.3, 0.4) is 0 Å². The summed E-state index contributed by atoms with van der Waals surface area (Å²) in [5.74, 6) is -1.39. The molecular formula is C13H9ClN4O4S2. The van der Waals surface area contributed by atoms with Gasteiger partial charge in [0.05, 0.1) is 16.1 Å². The van der Waals surface area contributed by atoms with Gasteiger partial charge < -0.3 is 10.5 Å². The van der Waals surface area contributed by atoms with Crippen LogP contribution in [0.1, 0.15) is 5.56 Å². The molecular weight excluding hydrogens is 376 g/mol. The molecule has 0 spiro atoms. The Hall–Kier alpha value is -2.43. The van der Waals surface area contributed by atoms with E-state index in [1.807, 2.05) is 5.32 Å². The van der Waals surface area contributed by atoms with E-state index >= 15 is 0 Å². The monoisotopic (exact) mass is 384 g/mol. The van der Waals surface area contributed by atoms with Crippen LogP contribution in [0.2, 0.25) is 5.02 Å². The zero-order chi connectivity index (χ0) is 17.7. The molecule has 1 aromatic carbocycles. The summed E-state index contributed by atoms with van der Waals surface area (Å²) in [4.78, 5) is 34.1. The van der Waals surface area contributed by atoms with Crippen LogP contribution in [0.15, 0.2) is 34.3 Å². The predicted octanol–water partition coefficient (Wildman–Crippen LogP) is 1.28. The van der Waals surface area contributed by atoms with E-state index in [2.05, 4.69) is 22.7 Å². The minimum absolute atomic E-state index is 0.0169. The Morgan fingerprint density at radius 2 is 2.21 bits per heavy atom. The quantitative estimate of drug-likeness (QED) is 0.177. The van der Waals surface area contributed by atoms with Gasteiger partial charge in [0.15, 0.2) is 5.11 Å². The molecule has 0 saturated carbocycles. The Labute approximate surface area is 150 Å². The Kier molecular flexibility index (Phi) is 5.90. The third-order valence-corrected chi connectivity index (χ3v) is 3.64. The highest BCUT2D eigenvalue weighted by molar-refractivity contribution is 8.18. The van der Waals surface area contributed by atoms with Gasteiger partial charge in [-0.2, -0.15) is 5.10 Å². The van der Waals surface area contributed by atoms with E-state index in [9.17, 15) is 14.4 Å². The van der Waals surface area contributed by atoms with Gasteiger partial charge in [-0.3, -0.25) is 20.3 Å². The number of hydrogen-bond acceptors (Lipinski definition) is 7. The van der Waals surface area contributed by atoms with Crippen molar-refractivity contribution in [3.8, 4) is 5.75 Å². The zero-order valence-corrected chi connectivity index (χ0v) is 14.1. The molecule has 0 atom stereocenters. The lowest BCUT2D eigenvalue weighted by Crippen LogP contribution is -2.23. The average Bonchev–Trinajstić information content (AvgIpc) is 2.79. The number of ether oxygens (including phenoxy) is 1. The molecule has 1 aliphatic heterocycles. The lowest BCUT2D eigenvalue weighted by Gasteiger charge is -2.05. The van der Waals surface area contributed by atoms with Gasteiger partial charge in [0, 0.05) is 6.08 Å². The first kappa shape index (κ1) is 17.9. The number of halogens is 1. The number of imide groups is 1. The smallest absolute Gasteiger partial charge is 0.337 e. The van der Waals surface area contributed by atoms with Crippen LogP contribution in [0.4, 0.5) is 4.79 Å². The van der Waals surface area contributed by atoms with Crippen molar-refractivity contribution >= 4 is 64.0 Å². The maximum Gasteiger partial charge on any atom is 0.337 e. The van der Waals surface area contributed by atoms with Gasteiger partial charge in [-0.1, -0.05) is 11.6 Å². The van der Waals surface area contributed by atoms with E-state index in [0.29, 0.717) is 17.3 Å². The number of thiocarbonyl (C=S) groups is 1. The van der Waals surface area contributed by atoms with E-state index in [4.69, 9.17) is 22.1 Å². The van der Waals surface area contributed by atoms with Gasteiger partial charge in [-0.25, -0.2) is 4.79 Å². The number of rotatable bonds is 4. The van der Waals surface area contributed by atoms with E-state index in [1.165, 1.54) is 18.3 Å². The fourth-order valence-corrected chi connectivity index (χ4v) is 2.44. The number of benzene rings is 1. The molecule has 1 fully saturated rings. The third kappa shape index (κ3) is 5.05. The lowest BCUT2D eigenvalue weighted by molar-refractivity contribution is -0.129. The van der Waals surface area contributed by atoms with Crippen LogP contribution in [0.5, 0.6) is 5.75 Å². The molecule has 2 rings (SSSR count). The number of nitrogens with two attached hydrogens (primary N) is 1. The molecule has 1 aliphatic rings. The Morgan fingerprint density at radius 1 is 1.46 bits per heavy atom. The van der Waals surface area contributed by atoms with Crippen LogP contribution in [0, 0.1) is 0 Å². The summed E-state index contributed by atoms with van der Waals surface area (Å²) in [6, 6.07) is 4.55. The van der Waals surface area contributed by atoms with Crippen molar-refractivity contribution in [2.75, 3.05) is 0 Å². The number of nitrogens with zero attached hydrogens (tertiary/aromatic N) is 1. The number of hydrogen-bond donors (Lipinski definition) is 3. The Balaban J connectivity index is 2.05. The predicted molar refractivity (Wildman–Crippen MR) is 93.8 cm³/mol. The summed E-state index contributed by atoms with van der Waals surface area (Å²) >= 11 is 11.2. The molecule has 124 valence electrons. The summed E-state index contributed by atoms with van der Waals surface area (Å²) < 4.78 is 5.04. The molecule has 8 nitrogen and oxygen atoms in total. The van der Waals surface area contributed by atoms with Crippen LogP contribution in [0.25, 0.3) is 0 Å². The molecule has 1 heterocycles. The number of esters is 1. The highest BCUT2D eigenvalue weighted by atomic mass is 35.5. The minimum Gasteiger partial charge on any atom is -0.422 e. The summed E-state index contributed by atoms with van der Waals surface area (Å²) in [5.41, 5.74) is 8.21. The van der Waals surface area contributed by atoms with Gasteiger partial charge in [0.25, 0.3) is 11.1 Å². The molecule has 24 heavy (non-hydrogen) atoms. The van der Waals surface area contributed by atoms with E-state index in [0.717, 1.165) is 6.08 Å². The first-order valence-corrected chi connectivity index (χ1v) is 7.80. The number of amides is 2. The molecule has 0 unspecified atom stereocenters. The molecule has 0 aromatic heterocycles. The highest BCUT2D eigenvalue weighted by Gasteiger charge is 2.26. The number of carbonyl (C=O) groups is 3. The van der Waals surface area contributed by atoms with E-state index in [-0.39, 0.29) is 20.8 Å². The van der Waals surface area contributed by atoms with E-state index in [1.54, 1.807) is 6.07 Å². The zero-order valence-electron chi connectivity index (χ0n) is 11.7. The van der Waals surface area contributed by atoms with Crippen LogP contribution >= 0.6 is 35.6 Å².